The van der Waals surface area contributed by atoms with Crippen molar-refractivity contribution in [2.24, 2.45) is 5.92 Å². The molecule has 0 atom stereocenters. The van der Waals surface area contributed by atoms with Gasteiger partial charge in [0.05, 0.1) is 0 Å². The Morgan fingerprint density at radius 3 is 1.68 bits per heavy atom. The Bertz CT molecular complexity index is 394. The molecule has 0 amide bonds. The summed E-state index contributed by atoms with van der Waals surface area (Å²) in [6.45, 7) is -0.649. The van der Waals surface area contributed by atoms with Gasteiger partial charge in [0.1, 0.15) is 0 Å². The van der Waals surface area contributed by atoms with Gasteiger partial charge in [-0.3, -0.25) is 9.59 Å². The first-order valence-electron chi connectivity index (χ1n) is 5.70. The molecule has 0 saturated carbocycles. The van der Waals surface area contributed by atoms with Gasteiger partial charge >= 0.3 is 24.3 Å². The number of hydrogen-bond acceptors (Lipinski definition) is 4. The van der Waals surface area contributed by atoms with Crippen LogP contribution in [0.15, 0.2) is 24.8 Å². The fraction of sp³-hybridized carbons (Fsp3) is 0.500. The molecule has 0 aromatic carbocycles. The van der Waals surface area contributed by atoms with E-state index in [0.717, 1.165) is 6.08 Å². The number of hydrogen-bond donors (Lipinski definition) is 0. The van der Waals surface area contributed by atoms with Gasteiger partial charge in [-0.05, 0) is 6.42 Å². The minimum absolute atomic E-state index is 0.487. The fourth-order valence-electron chi connectivity index (χ4n) is 1.11. The third-order valence-electron chi connectivity index (χ3n) is 1.97. The number of rotatable bonds is 7. The zero-order chi connectivity index (χ0) is 17.4. The van der Waals surface area contributed by atoms with Gasteiger partial charge in [-0.1, -0.05) is 24.8 Å². The van der Waals surface area contributed by atoms with Gasteiger partial charge in [-0.2, -0.15) is 26.3 Å². The molecule has 0 N–H and O–H groups in total. The van der Waals surface area contributed by atoms with Crippen molar-refractivity contribution in [2.45, 2.75) is 18.8 Å². The molecule has 0 aromatic rings. The van der Waals surface area contributed by atoms with Crippen LogP contribution in [0.1, 0.15) is 6.42 Å². The minimum atomic E-state index is -4.83. The zero-order valence-electron chi connectivity index (χ0n) is 11.0. The summed E-state index contributed by atoms with van der Waals surface area (Å²) < 4.78 is 79.2. The second kappa shape index (κ2) is 8.44. The van der Waals surface area contributed by atoms with Gasteiger partial charge in [-0.15, -0.1) is 0 Å². The first-order valence-corrected chi connectivity index (χ1v) is 5.70. The van der Waals surface area contributed by atoms with Crippen LogP contribution < -0.4 is 0 Å². The molecule has 0 unspecified atom stereocenters. The maximum absolute atomic E-state index is 11.9. The van der Waals surface area contributed by atoms with E-state index in [1.807, 2.05) is 0 Å². The number of carbonyl (C=O) groups excluding carboxylic acids is 2. The van der Waals surface area contributed by atoms with Crippen molar-refractivity contribution in [1.29, 1.82) is 0 Å². The molecule has 0 radical (unpaired) electrons. The van der Waals surface area contributed by atoms with Crippen LogP contribution in [0.4, 0.5) is 26.3 Å². The second-order valence-corrected chi connectivity index (χ2v) is 3.90. The van der Waals surface area contributed by atoms with E-state index in [9.17, 15) is 35.9 Å². The summed E-state index contributed by atoms with van der Waals surface area (Å²) in [7, 11) is 0. The predicted molar refractivity (Wildman–Crippen MR) is 61.5 cm³/mol. The summed E-state index contributed by atoms with van der Waals surface area (Å²) >= 11 is 0. The summed E-state index contributed by atoms with van der Waals surface area (Å²) in [6.07, 6.45) is -6.50. The molecule has 0 spiro atoms. The molecule has 0 aliphatic carbocycles. The fourth-order valence-corrected chi connectivity index (χ4v) is 1.11. The van der Waals surface area contributed by atoms with Crippen LogP contribution in [0, 0.1) is 5.92 Å². The lowest BCUT2D eigenvalue weighted by Gasteiger charge is -2.15. The van der Waals surface area contributed by atoms with Crippen LogP contribution in [0.5, 0.6) is 0 Å². The number of allylic oxidation sites excluding steroid dienone is 3. The number of halogens is 6. The lowest BCUT2D eigenvalue weighted by Crippen LogP contribution is -2.32. The van der Waals surface area contributed by atoms with Crippen LogP contribution in [0.25, 0.3) is 0 Å². The molecule has 4 nitrogen and oxygen atoms in total. The van der Waals surface area contributed by atoms with Gasteiger partial charge in [0.15, 0.2) is 19.1 Å². The van der Waals surface area contributed by atoms with E-state index in [0.29, 0.717) is 0 Å². The van der Waals surface area contributed by atoms with E-state index in [4.69, 9.17) is 0 Å². The third-order valence-corrected chi connectivity index (χ3v) is 1.97. The standard InChI is InChI=1S/C12H12F6O4/c1-2-3-4-5-8(9(19)21-6-11(13,14)15)10(20)22-7-12(16,17)18/h2-4,8H,1,5-7H2/b4-3+. The molecule has 0 aromatic heterocycles. The summed E-state index contributed by atoms with van der Waals surface area (Å²) in [5.41, 5.74) is 0. The maximum Gasteiger partial charge on any atom is 0.422 e. The molecule has 0 heterocycles. The van der Waals surface area contributed by atoms with E-state index in [1.54, 1.807) is 0 Å². The van der Waals surface area contributed by atoms with E-state index in [1.165, 1.54) is 12.2 Å². The lowest BCUT2D eigenvalue weighted by atomic mass is 10.1. The van der Waals surface area contributed by atoms with Gasteiger partial charge in [0.25, 0.3) is 0 Å². The largest absolute Gasteiger partial charge is 0.455 e. The van der Waals surface area contributed by atoms with Gasteiger partial charge < -0.3 is 9.47 Å². The molecule has 126 valence electrons. The van der Waals surface area contributed by atoms with Crippen molar-refractivity contribution in [3.05, 3.63) is 24.8 Å². The molecule has 0 saturated heterocycles. The molecule has 22 heavy (non-hydrogen) atoms. The second-order valence-electron chi connectivity index (χ2n) is 3.90. The van der Waals surface area contributed by atoms with E-state index >= 15 is 0 Å². The molecule has 0 rings (SSSR count). The first-order chi connectivity index (χ1) is 9.96. The van der Waals surface area contributed by atoms with Crippen molar-refractivity contribution >= 4 is 11.9 Å². The Balaban J connectivity index is 4.79. The SMILES string of the molecule is C=C/C=C/CC(C(=O)OCC(F)(F)F)C(=O)OCC(F)(F)F. The number of ether oxygens (including phenoxy) is 2. The third kappa shape index (κ3) is 9.83. The van der Waals surface area contributed by atoms with E-state index in [2.05, 4.69) is 16.1 Å². The highest BCUT2D eigenvalue weighted by molar-refractivity contribution is 5.95. The van der Waals surface area contributed by atoms with E-state index in [-0.39, 0.29) is 0 Å². The van der Waals surface area contributed by atoms with Crippen LogP contribution in [0.3, 0.4) is 0 Å². The predicted octanol–water partition coefficient (Wildman–Crippen LogP) is 2.95. The lowest BCUT2D eigenvalue weighted by molar-refractivity contribution is -0.199. The summed E-state index contributed by atoms with van der Waals surface area (Å²) in [6, 6.07) is 0. The normalized spacial score (nSPS) is 12.5. The quantitative estimate of drug-likeness (QED) is 0.311. The molecular weight excluding hydrogens is 322 g/mol. The monoisotopic (exact) mass is 334 g/mol. The Labute approximate surface area is 121 Å². The highest BCUT2D eigenvalue weighted by Crippen LogP contribution is 2.19. The maximum atomic E-state index is 11.9. The average molecular weight is 334 g/mol. The number of esters is 2. The van der Waals surface area contributed by atoms with Crippen molar-refractivity contribution in [2.75, 3.05) is 13.2 Å². The Kier molecular flexibility index (Phi) is 7.68. The van der Waals surface area contributed by atoms with Gasteiger partial charge in [0, 0.05) is 0 Å². The molecule has 0 aliphatic rings. The highest BCUT2D eigenvalue weighted by Gasteiger charge is 2.36. The van der Waals surface area contributed by atoms with Crippen LogP contribution >= 0.6 is 0 Å². The van der Waals surface area contributed by atoms with E-state index < -0.39 is 49.8 Å². The van der Waals surface area contributed by atoms with Crippen molar-refractivity contribution in [1.82, 2.24) is 0 Å². The number of alkyl halides is 6. The van der Waals surface area contributed by atoms with Crippen molar-refractivity contribution in [3.8, 4) is 0 Å². The van der Waals surface area contributed by atoms with Crippen LogP contribution in [-0.2, 0) is 19.1 Å². The van der Waals surface area contributed by atoms with Crippen molar-refractivity contribution < 1.29 is 45.4 Å². The summed E-state index contributed by atoms with van der Waals surface area (Å²) in [5, 5.41) is 0. The topological polar surface area (TPSA) is 52.6 Å². The number of carbonyl (C=O) groups is 2. The van der Waals surface area contributed by atoms with Gasteiger partial charge in [-0.25, -0.2) is 0 Å². The van der Waals surface area contributed by atoms with Crippen molar-refractivity contribution in [3.63, 3.8) is 0 Å². The molecular formula is C12H12F6O4. The molecule has 0 fully saturated rings. The smallest absolute Gasteiger partial charge is 0.422 e. The zero-order valence-corrected chi connectivity index (χ0v) is 11.0. The summed E-state index contributed by atoms with van der Waals surface area (Å²) in [5.74, 6) is -5.18. The molecule has 0 bridgehead atoms. The first kappa shape index (κ1) is 20.0. The van der Waals surface area contributed by atoms with Gasteiger partial charge in [0.2, 0.25) is 0 Å². The van der Waals surface area contributed by atoms with Crippen LogP contribution in [-0.4, -0.2) is 37.5 Å². The Morgan fingerprint density at radius 1 is 0.955 bits per heavy atom. The molecule has 0 aliphatic heterocycles. The highest BCUT2D eigenvalue weighted by atomic mass is 19.4. The minimum Gasteiger partial charge on any atom is -0.455 e. The molecule has 10 heteroatoms. The Morgan fingerprint density at radius 2 is 1.36 bits per heavy atom. The van der Waals surface area contributed by atoms with Crippen LogP contribution in [0.2, 0.25) is 0 Å². The summed E-state index contributed by atoms with van der Waals surface area (Å²) in [4.78, 5) is 22.8. The Hall–Kier alpha value is -2.00. The average Bonchev–Trinajstić information content (AvgIpc) is 2.37.